The van der Waals surface area contributed by atoms with E-state index in [2.05, 4.69) is 69.2 Å². The molecule has 6 N–H and O–H groups in total. The van der Waals surface area contributed by atoms with Crippen LogP contribution in [0.1, 0.15) is 91.5 Å². The molecule has 2 aromatic rings. The lowest BCUT2D eigenvalue weighted by atomic mass is 9.73. The summed E-state index contributed by atoms with van der Waals surface area (Å²) in [6, 6.07) is 0. The zero-order valence-electron chi connectivity index (χ0n) is 30.0. The van der Waals surface area contributed by atoms with Crippen LogP contribution in [-0.4, -0.2) is 97.2 Å². The molecule has 0 fully saturated rings. The third-order valence-corrected chi connectivity index (χ3v) is 14.1. The molecule has 0 spiro atoms. The lowest BCUT2D eigenvalue weighted by Crippen LogP contribution is -2.52. The molecular weight excluding hydrogens is 602 g/mol. The van der Waals surface area contributed by atoms with E-state index < -0.39 is 33.9 Å². The molecule has 4 bridgehead atoms. The Labute approximate surface area is 277 Å². The van der Waals surface area contributed by atoms with Gasteiger partial charge >= 0.3 is 0 Å². The summed E-state index contributed by atoms with van der Waals surface area (Å²) in [5.41, 5.74) is 5.74. The summed E-state index contributed by atoms with van der Waals surface area (Å²) in [5, 5.41) is 66.8. The smallest absolute Gasteiger partial charge is 0.233 e. The molecule has 6 atom stereocenters. The van der Waals surface area contributed by atoms with Crippen molar-refractivity contribution in [3.05, 3.63) is 44.5 Å². The molecule has 0 aliphatic heterocycles. The molecule has 0 saturated heterocycles. The summed E-state index contributed by atoms with van der Waals surface area (Å²) in [4.78, 5) is 11.6. The standard InChI is InChI=1S/C36H53N3O8/c1-17-18(2)34(8)21(5)33(17,7)25-26(34)30(43)37(29(25)42)46-15-23(40)13-39(11,12)14-24(41)16-47-38-31(44)27-28(32(38)45)36(10)20(4)19(3)35(27,9)22(36)6/h21-24,40-41H,13-16H2,1-12H3,(H3-,42,43,44,45)/p+1. The average molecular weight is 657 g/mol. The van der Waals surface area contributed by atoms with Crippen LogP contribution in [0.3, 0.4) is 0 Å². The summed E-state index contributed by atoms with van der Waals surface area (Å²) in [7, 11) is 3.70. The molecule has 4 aliphatic carbocycles. The zero-order valence-corrected chi connectivity index (χ0v) is 30.0. The normalized spacial score (nSPS) is 33.6. The van der Waals surface area contributed by atoms with Gasteiger partial charge in [-0.2, -0.15) is 0 Å². The summed E-state index contributed by atoms with van der Waals surface area (Å²) in [6.07, 6.45) is -1.98. The predicted octanol–water partition coefficient (Wildman–Crippen LogP) is 3.50. The highest BCUT2D eigenvalue weighted by Gasteiger charge is 2.66. The fourth-order valence-electron chi connectivity index (χ4n) is 10.5. The molecule has 4 aliphatic rings. The fourth-order valence-corrected chi connectivity index (χ4v) is 10.5. The Morgan fingerprint density at radius 2 is 0.809 bits per heavy atom. The number of hydrogen-bond donors (Lipinski definition) is 6. The number of allylic oxidation sites excluding steroid dienone is 4. The van der Waals surface area contributed by atoms with Crippen LogP contribution in [0.2, 0.25) is 0 Å². The Balaban J connectivity index is 1.09. The lowest BCUT2D eigenvalue weighted by Gasteiger charge is -2.33. The topological polar surface area (TPSA) is 150 Å². The van der Waals surface area contributed by atoms with Crippen LogP contribution in [0.25, 0.3) is 0 Å². The largest absolute Gasteiger partial charge is 0.492 e. The molecule has 260 valence electrons. The molecular formula is C36H54N3O8+. The Morgan fingerprint density at radius 1 is 0.574 bits per heavy atom. The molecule has 0 radical (unpaired) electrons. The van der Waals surface area contributed by atoms with Crippen LogP contribution in [0.4, 0.5) is 0 Å². The van der Waals surface area contributed by atoms with Gasteiger partial charge in [-0.05, 0) is 39.5 Å². The monoisotopic (exact) mass is 656 g/mol. The van der Waals surface area contributed by atoms with Gasteiger partial charge in [-0.1, -0.05) is 63.8 Å². The first-order valence-corrected chi connectivity index (χ1v) is 16.7. The van der Waals surface area contributed by atoms with Gasteiger partial charge in [-0.25, -0.2) is 0 Å². The maximum absolute atomic E-state index is 11.2. The number of aromatic nitrogens is 2. The van der Waals surface area contributed by atoms with Crippen molar-refractivity contribution in [3.8, 4) is 23.5 Å². The van der Waals surface area contributed by atoms with Gasteiger partial charge in [-0.3, -0.25) is 0 Å². The number of nitrogens with zero attached hydrogens (tertiary/aromatic N) is 3. The second kappa shape index (κ2) is 9.89. The van der Waals surface area contributed by atoms with Crippen molar-refractivity contribution in [3.63, 3.8) is 0 Å². The molecule has 0 saturated carbocycles. The van der Waals surface area contributed by atoms with Gasteiger partial charge in [-0.15, -0.1) is 9.46 Å². The zero-order chi connectivity index (χ0) is 35.1. The second-order valence-corrected chi connectivity index (χ2v) is 16.3. The first-order valence-electron chi connectivity index (χ1n) is 16.7. The van der Waals surface area contributed by atoms with Gasteiger partial charge in [0.2, 0.25) is 23.5 Å². The van der Waals surface area contributed by atoms with Gasteiger partial charge in [0.05, 0.1) is 14.1 Å². The minimum Gasteiger partial charge on any atom is -0.492 e. The quantitative estimate of drug-likeness (QED) is 0.168. The lowest BCUT2D eigenvalue weighted by molar-refractivity contribution is -0.896. The number of rotatable bonds is 10. The van der Waals surface area contributed by atoms with E-state index in [0.29, 0.717) is 22.3 Å². The van der Waals surface area contributed by atoms with E-state index >= 15 is 0 Å². The Hall–Kier alpha value is -3.28. The van der Waals surface area contributed by atoms with E-state index in [0.717, 1.165) is 9.46 Å². The van der Waals surface area contributed by atoms with E-state index in [1.807, 2.05) is 14.1 Å². The van der Waals surface area contributed by atoms with Crippen molar-refractivity contribution in [2.45, 2.75) is 103 Å². The van der Waals surface area contributed by atoms with Crippen LogP contribution in [-0.2, 0) is 21.7 Å². The van der Waals surface area contributed by atoms with E-state index in [1.165, 1.54) is 22.3 Å². The van der Waals surface area contributed by atoms with Crippen molar-refractivity contribution in [2.75, 3.05) is 40.4 Å². The highest BCUT2D eigenvalue weighted by atomic mass is 16.7. The SMILES string of the molecule is CC1=C(C)C2(C)c3c(c(O)n(OCC(O)C[N+](C)(C)CC(O)COn4c(O)c5c(c4O)C4(C)C(C)=C(C)C5(C)C4C)c3O)C1(C)C2C. The fraction of sp³-hybridized carbons (Fsp3) is 0.667. The molecule has 0 aromatic carbocycles. The third kappa shape index (κ3) is 3.79. The Kier molecular flexibility index (Phi) is 7.07. The molecule has 2 heterocycles. The maximum atomic E-state index is 11.2. The van der Waals surface area contributed by atoms with Crippen LogP contribution in [0, 0.1) is 11.8 Å². The first kappa shape index (κ1) is 33.6. The van der Waals surface area contributed by atoms with Gasteiger partial charge in [0.25, 0.3) is 0 Å². The molecule has 11 heteroatoms. The third-order valence-electron chi connectivity index (χ3n) is 14.1. The molecule has 6 unspecified atom stereocenters. The number of likely N-dealkylation sites (N-methyl/N-ethyl adjacent to an activating group) is 1. The first-order chi connectivity index (χ1) is 21.5. The second-order valence-electron chi connectivity index (χ2n) is 16.3. The number of quaternary nitrogens is 1. The minimum absolute atomic E-state index is 0.148. The van der Waals surface area contributed by atoms with Crippen LogP contribution >= 0.6 is 0 Å². The number of fused-ring (bicyclic) bond motifs is 10. The van der Waals surface area contributed by atoms with Gasteiger partial charge in [0.1, 0.15) is 38.5 Å². The van der Waals surface area contributed by atoms with Crippen LogP contribution < -0.4 is 9.68 Å². The highest BCUT2D eigenvalue weighted by molar-refractivity contribution is 5.71. The van der Waals surface area contributed by atoms with Gasteiger partial charge in [0.15, 0.2) is 0 Å². The molecule has 47 heavy (non-hydrogen) atoms. The van der Waals surface area contributed by atoms with Crippen molar-refractivity contribution in [1.29, 1.82) is 0 Å². The number of aliphatic hydroxyl groups excluding tert-OH is 2. The molecule has 2 aromatic heterocycles. The number of hydrogen-bond acceptors (Lipinski definition) is 8. The van der Waals surface area contributed by atoms with Crippen molar-refractivity contribution >= 4 is 0 Å². The summed E-state index contributed by atoms with van der Waals surface area (Å²) in [5.74, 6) is -0.273. The molecule has 6 rings (SSSR count). The average Bonchev–Trinajstić information content (AvgIpc) is 3.61. The van der Waals surface area contributed by atoms with E-state index in [4.69, 9.17) is 9.68 Å². The number of aromatic hydroxyl groups is 4. The minimum atomic E-state index is -0.990. The van der Waals surface area contributed by atoms with Crippen molar-refractivity contribution in [1.82, 2.24) is 9.46 Å². The van der Waals surface area contributed by atoms with Crippen molar-refractivity contribution < 1.29 is 44.8 Å². The maximum Gasteiger partial charge on any atom is 0.233 e. The van der Waals surface area contributed by atoms with Crippen LogP contribution in [0.5, 0.6) is 23.5 Å². The van der Waals surface area contributed by atoms with Crippen molar-refractivity contribution in [2.24, 2.45) is 11.8 Å². The Bertz CT molecular complexity index is 1530. The van der Waals surface area contributed by atoms with Crippen LogP contribution in [0.15, 0.2) is 22.3 Å². The highest BCUT2D eigenvalue weighted by Crippen LogP contribution is 2.71. The predicted molar refractivity (Wildman–Crippen MR) is 177 cm³/mol. The summed E-state index contributed by atoms with van der Waals surface area (Å²) < 4.78 is 2.26. The summed E-state index contributed by atoms with van der Waals surface area (Å²) in [6.45, 7) is 21.0. The molecule has 11 nitrogen and oxygen atoms in total. The van der Waals surface area contributed by atoms with E-state index in [-0.39, 0.29) is 66.1 Å². The molecule has 0 amide bonds. The number of aliphatic hydroxyl groups is 2. The van der Waals surface area contributed by atoms with E-state index in [1.54, 1.807) is 0 Å². The summed E-state index contributed by atoms with van der Waals surface area (Å²) >= 11 is 0. The van der Waals surface area contributed by atoms with Gasteiger partial charge in [0, 0.05) is 43.9 Å². The van der Waals surface area contributed by atoms with Gasteiger partial charge < -0.3 is 44.8 Å². The van der Waals surface area contributed by atoms with E-state index in [9.17, 15) is 30.6 Å². The Morgan fingerprint density at radius 3 is 1.04 bits per heavy atom.